The second kappa shape index (κ2) is 13.9. The molecule has 0 radical (unpaired) electrons. The molecule has 1 saturated heterocycles. The highest BCUT2D eigenvalue weighted by atomic mass is 16.7. The lowest BCUT2D eigenvalue weighted by Crippen LogP contribution is -2.60. The lowest BCUT2D eigenvalue weighted by atomic mass is 9.98. The second-order valence-corrected chi connectivity index (χ2v) is 10.9. The molecule has 3 aromatic rings. The Hall–Kier alpha value is -4.81. The molecule has 7 N–H and O–H groups in total. The number of carbonyl (C=O) groups excluding carboxylic acids is 1. The lowest BCUT2D eigenvalue weighted by molar-refractivity contribution is -0.279. The molecule has 0 spiro atoms. The number of phenols is 2. The normalized spacial score (nSPS) is 22.3. The highest BCUT2D eigenvalue weighted by molar-refractivity contribution is 5.95. The number of aliphatic carboxylic acids is 1. The number of aliphatic hydroxyl groups is 4. The number of ether oxygens (including phenoxy) is 6. The summed E-state index contributed by atoms with van der Waals surface area (Å²) in [6.07, 6.45) is -10.5. The van der Waals surface area contributed by atoms with Crippen LogP contribution in [0.15, 0.2) is 33.5 Å². The molecule has 0 saturated carbocycles. The highest BCUT2D eigenvalue weighted by Gasteiger charge is 2.46. The Morgan fingerprint density at radius 1 is 0.915 bits per heavy atom. The number of hydrogen-bond acceptors (Lipinski definition) is 16. The molecule has 1 aliphatic rings. The van der Waals surface area contributed by atoms with Crippen LogP contribution in [0.1, 0.15) is 19.8 Å². The van der Waals surface area contributed by atoms with Crippen LogP contribution in [0.3, 0.4) is 0 Å². The fraction of sp³-hybridized carbons (Fsp3) is 0.433. The van der Waals surface area contributed by atoms with E-state index in [2.05, 4.69) is 0 Å². The van der Waals surface area contributed by atoms with Crippen LogP contribution in [0.5, 0.6) is 34.5 Å². The monoisotopic (exact) mass is 666 g/mol. The first kappa shape index (κ1) is 35.1. The Morgan fingerprint density at radius 2 is 1.60 bits per heavy atom. The minimum Gasteiger partial charge on any atom is -0.504 e. The van der Waals surface area contributed by atoms with Gasteiger partial charge < -0.3 is 68.6 Å². The maximum absolute atomic E-state index is 13.2. The fourth-order valence-corrected chi connectivity index (χ4v) is 4.95. The van der Waals surface area contributed by atoms with Crippen molar-refractivity contribution in [3.8, 4) is 45.8 Å². The molecular weight excluding hydrogens is 632 g/mol. The topological polar surface area (TPSA) is 261 Å². The lowest BCUT2D eigenvalue weighted by Gasteiger charge is -2.40. The molecule has 0 amide bonds. The SMILES string of the molecule is COc1cc(-c2cc(=O)c3c(O)c(OC)c(OC4OC(COC(=O)CC(C)(O)CC(=O)O)C(O)C(O)C4O)c(OC)c3o2)ccc1O. The third kappa shape index (κ3) is 7.28. The molecule has 17 heteroatoms. The Labute approximate surface area is 265 Å². The summed E-state index contributed by atoms with van der Waals surface area (Å²) in [5, 5.41) is 71.4. The number of carboxylic acids is 1. The molecule has 6 unspecified atom stereocenters. The van der Waals surface area contributed by atoms with Gasteiger partial charge in [0.25, 0.3) is 0 Å². The number of methoxy groups -OCH3 is 3. The number of hydrogen-bond donors (Lipinski definition) is 7. The van der Waals surface area contributed by atoms with Crippen LogP contribution in [0.4, 0.5) is 0 Å². The summed E-state index contributed by atoms with van der Waals surface area (Å²) in [4.78, 5) is 36.4. The van der Waals surface area contributed by atoms with Crippen LogP contribution in [0.25, 0.3) is 22.3 Å². The number of phenolic OH excluding ortho intramolecular Hbond substituents is 2. The quantitative estimate of drug-likeness (QED) is 0.128. The minimum atomic E-state index is -1.94. The van der Waals surface area contributed by atoms with E-state index in [1.807, 2.05) is 0 Å². The molecule has 17 nitrogen and oxygen atoms in total. The van der Waals surface area contributed by atoms with Crippen molar-refractivity contribution >= 4 is 22.9 Å². The average molecular weight is 667 g/mol. The van der Waals surface area contributed by atoms with Crippen molar-refractivity contribution in [3.05, 3.63) is 34.5 Å². The number of aliphatic hydroxyl groups excluding tert-OH is 3. The molecule has 4 rings (SSSR count). The largest absolute Gasteiger partial charge is 0.504 e. The van der Waals surface area contributed by atoms with E-state index in [9.17, 15) is 45.0 Å². The maximum Gasteiger partial charge on any atom is 0.308 e. The first-order valence-corrected chi connectivity index (χ1v) is 13.9. The van der Waals surface area contributed by atoms with Crippen LogP contribution in [-0.4, -0.2) is 112 Å². The van der Waals surface area contributed by atoms with Gasteiger partial charge in [0.1, 0.15) is 42.2 Å². The van der Waals surface area contributed by atoms with Crippen molar-refractivity contribution in [2.45, 2.75) is 56.1 Å². The summed E-state index contributed by atoms with van der Waals surface area (Å²) < 4.78 is 38.2. The maximum atomic E-state index is 13.2. The number of fused-ring (bicyclic) bond motifs is 1. The van der Waals surface area contributed by atoms with Crippen molar-refractivity contribution in [2.75, 3.05) is 27.9 Å². The average Bonchev–Trinajstić information content (AvgIpc) is 3.00. The van der Waals surface area contributed by atoms with Gasteiger partial charge in [-0.05, 0) is 25.1 Å². The second-order valence-electron chi connectivity index (χ2n) is 10.9. The third-order valence-electron chi connectivity index (χ3n) is 7.26. The number of rotatable bonds is 12. The predicted octanol–water partition coefficient (Wildman–Crippen LogP) is 0.242. The molecule has 1 fully saturated rings. The Balaban J connectivity index is 1.70. The fourth-order valence-electron chi connectivity index (χ4n) is 4.95. The van der Waals surface area contributed by atoms with E-state index in [1.54, 1.807) is 0 Å². The Kier molecular flexibility index (Phi) is 10.4. The van der Waals surface area contributed by atoms with Crippen LogP contribution < -0.4 is 24.4 Å². The van der Waals surface area contributed by atoms with E-state index in [0.717, 1.165) is 20.1 Å². The molecule has 1 aliphatic heterocycles. The molecule has 2 heterocycles. The van der Waals surface area contributed by atoms with Gasteiger partial charge in [-0.15, -0.1) is 0 Å². The van der Waals surface area contributed by atoms with Crippen molar-refractivity contribution in [3.63, 3.8) is 0 Å². The number of carbonyl (C=O) groups is 2. The molecule has 0 bridgehead atoms. The van der Waals surface area contributed by atoms with E-state index in [1.165, 1.54) is 32.4 Å². The van der Waals surface area contributed by atoms with Crippen molar-refractivity contribution in [1.82, 2.24) is 0 Å². The summed E-state index contributed by atoms with van der Waals surface area (Å²) >= 11 is 0. The Bertz CT molecular complexity index is 1700. The first-order chi connectivity index (χ1) is 22.1. The first-order valence-electron chi connectivity index (χ1n) is 13.9. The molecule has 0 aliphatic carbocycles. The van der Waals surface area contributed by atoms with E-state index in [4.69, 9.17) is 37.9 Å². The molecule has 47 heavy (non-hydrogen) atoms. The van der Waals surface area contributed by atoms with Crippen LogP contribution in [-0.2, 0) is 19.1 Å². The van der Waals surface area contributed by atoms with Gasteiger partial charge in [0.05, 0.1) is 39.8 Å². The molecule has 6 atom stereocenters. The summed E-state index contributed by atoms with van der Waals surface area (Å²) in [7, 11) is 3.63. The van der Waals surface area contributed by atoms with Gasteiger partial charge >= 0.3 is 11.9 Å². The standard InChI is InChI=1S/C30H34O17/c1-30(40,9-18(33)34)10-19(35)44-11-17-21(36)23(38)24(39)29(46-17)47-28-26(42-3)22(37)20-14(32)8-15(45-25(20)27(28)43-4)12-5-6-13(31)16(7-12)41-2/h5-8,17,21,23-24,29,31,36-40H,9-11H2,1-4H3,(H,33,34). The van der Waals surface area contributed by atoms with Crippen LogP contribution in [0.2, 0.25) is 0 Å². The summed E-state index contributed by atoms with van der Waals surface area (Å²) in [5.41, 5.74) is -2.71. The van der Waals surface area contributed by atoms with E-state index in [0.29, 0.717) is 5.56 Å². The molecule has 1 aromatic heterocycles. The number of benzene rings is 2. The molecule has 256 valence electrons. The van der Waals surface area contributed by atoms with Gasteiger partial charge in [-0.25, -0.2) is 0 Å². The van der Waals surface area contributed by atoms with Gasteiger partial charge in [-0.1, -0.05) is 0 Å². The van der Waals surface area contributed by atoms with Gasteiger partial charge in [0.15, 0.2) is 28.3 Å². The number of esters is 1. The van der Waals surface area contributed by atoms with Gasteiger partial charge in [0, 0.05) is 11.6 Å². The molecule has 2 aromatic carbocycles. The highest BCUT2D eigenvalue weighted by Crippen LogP contribution is 2.51. The van der Waals surface area contributed by atoms with Crippen LogP contribution in [0, 0.1) is 0 Å². The number of aromatic hydroxyl groups is 2. The van der Waals surface area contributed by atoms with E-state index in [-0.39, 0.29) is 34.0 Å². The zero-order valence-corrected chi connectivity index (χ0v) is 25.5. The molecular formula is C30H34O17. The van der Waals surface area contributed by atoms with Gasteiger partial charge in [-0.3, -0.25) is 14.4 Å². The van der Waals surface area contributed by atoms with E-state index >= 15 is 0 Å². The van der Waals surface area contributed by atoms with E-state index < -0.39 is 90.4 Å². The summed E-state index contributed by atoms with van der Waals surface area (Å²) in [6, 6.07) is 5.22. The summed E-state index contributed by atoms with van der Waals surface area (Å²) in [5.74, 6) is -4.52. The van der Waals surface area contributed by atoms with Crippen molar-refractivity contribution in [1.29, 1.82) is 0 Å². The number of carboxylic acid groups (broad SMARTS) is 1. The third-order valence-corrected chi connectivity index (χ3v) is 7.26. The van der Waals surface area contributed by atoms with Crippen molar-refractivity contribution in [2.24, 2.45) is 0 Å². The smallest absolute Gasteiger partial charge is 0.308 e. The predicted molar refractivity (Wildman–Crippen MR) is 157 cm³/mol. The van der Waals surface area contributed by atoms with Gasteiger partial charge in [-0.2, -0.15) is 0 Å². The zero-order valence-electron chi connectivity index (χ0n) is 25.5. The van der Waals surface area contributed by atoms with Crippen molar-refractivity contribution < 1.29 is 78.2 Å². The minimum absolute atomic E-state index is 0.0358. The zero-order chi connectivity index (χ0) is 34.8. The van der Waals surface area contributed by atoms with Gasteiger partial charge in [0.2, 0.25) is 23.5 Å². The van der Waals surface area contributed by atoms with Crippen LogP contribution >= 0.6 is 0 Å². The summed E-state index contributed by atoms with van der Waals surface area (Å²) in [6.45, 7) is 0.392. The Morgan fingerprint density at radius 3 is 2.21 bits per heavy atom.